The van der Waals surface area contributed by atoms with E-state index in [0.717, 1.165) is 18.5 Å². The van der Waals surface area contributed by atoms with Crippen molar-refractivity contribution in [3.05, 3.63) is 29.6 Å². The highest BCUT2D eigenvalue weighted by atomic mass is 16.1. The molecule has 1 amide bonds. The molecule has 1 aromatic heterocycles. The molecule has 1 unspecified atom stereocenters. The minimum absolute atomic E-state index is 0.0722. The summed E-state index contributed by atoms with van der Waals surface area (Å²) >= 11 is 0. The lowest BCUT2D eigenvalue weighted by Crippen LogP contribution is -2.25. The minimum atomic E-state index is 0.0722. The van der Waals surface area contributed by atoms with Gasteiger partial charge >= 0.3 is 0 Å². The zero-order valence-corrected chi connectivity index (χ0v) is 11.3. The summed E-state index contributed by atoms with van der Waals surface area (Å²) in [6.07, 6.45) is 4.07. The van der Waals surface area contributed by atoms with Crippen molar-refractivity contribution in [3.8, 4) is 0 Å². The van der Waals surface area contributed by atoms with Gasteiger partial charge in [0.25, 0.3) is 0 Å². The summed E-state index contributed by atoms with van der Waals surface area (Å²) in [6, 6.07) is 3.97. The van der Waals surface area contributed by atoms with Crippen LogP contribution in [0.3, 0.4) is 0 Å². The van der Waals surface area contributed by atoms with Crippen LogP contribution in [0.1, 0.15) is 37.9 Å². The molecule has 0 saturated heterocycles. The molecule has 0 fully saturated rings. The van der Waals surface area contributed by atoms with Crippen molar-refractivity contribution >= 4 is 5.91 Å². The Morgan fingerprint density at radius 3 is 3.00 bits per heavy atom. The average molecular weight is 249 g/mol. The highest BCUT2D eigenvalue weighted by Gasteiger charge is 2.07. The summed E-state index contributed by atoms with van der Waals surface area (Å²) in [5, 5.41) is 2.91. The number of hydrogen-bond acceptors (Lipinski definition) is 3. The van der Waals surface area contributed by atoms with Crippen molar-refractivity contribution in [1.29, 1.82) is 0 Å². The van der Waals surface area contributed by atoms with E-state index in [4.69, 9.17) is 5.73 Å². The molecule has 0 bridgehead atoms. The van der Waals surface area contributed by atoms with Crippen molar-refractivity contribution in [2.75, 3.05) is 6.54 Å². The number of pyridine rings is 1. The number of aromatic nitrogens is 1. The van der Waals surface area contributed by atoms with E-state index in [2.05, 4.69) is 24.1 Å². The van der Waals surface area contributed by atoms with Gasteiger partial charge < -0.3 is 11.1 Å². The quantitative estimate of drug-likeness (QED) is 0.772. The maximum Gasteiger partial charge on any atom is 0.220 e. The third-order valence-corrected chi connectivity index (χ3v) is 3.08. The minimum Gasteiger partial charge on any atom is -0.350 e. The molecule has 4 heteroatoms. The van der Waals surface area contributed by atoms with E-state index in [1.165, 1.54) is 5.56 Å². The molecule has 0 spiro atoms. The van der Waals surface area contributed by atoms with Crippen LogP contribution in [0.4, 0.5) is 0 Å². The molecule has 1 atom stereocenters. The number of amides is 1. The standard InChI is InChI=1S/C14H23N3O/c1-3-12-5-4-8-16-13(12)10-17-14(18)7-6-11(2)9-15/h4-5,8,11H,3,6-7,9-10,15H2,1-2H3,(H,17,18). The first-order chi connectivity index (χ1) is 8.67. The fraction of sp³-hybridized carbons (Fsp3) is 0.571. The van der Waals surface area contributed by atoms with E-state index < -0.39 is 0 Å². The Kier molecular flexibility index (Phi) is 6.36. The molecule has 0 aliphatic heterocycles. The summed E-state index contributed by atoms with van der Waals surface area (Å²) in [7, 11) is 0. The van der Waals surface area contributed by atoms with Crippen LogP contribution in [0.15, 0.2) is 18.3 Å². The Hall–Kier alpha value is -1.42. The first kappa shape index (κ1) is 14.6. The lowest BCUT2D eigenvalue weighted by atomic mass is 10.1. The normalized spacial score (nSPS) is 12.2. The number of nitrogens with zero attached hydrogens (tertiary/aromatic N) is 1. The highest BCUT2D eigenvalue weighted by molar-refractivity contribution is 5.75. The fourth-order valence-electron chi connectivity index (χ4n) is 1.72. The molecule has 100 valence electrons. The predicted molar refractivity (Wildman–Crippen MR) is 72.9 cm³/mol. The van der Waals surface area contributed by atoms with Crippen LogP contribution in [0.2, 0.25) is 0 Å². The Balaban J connectivity index is 2.38. The number of hydrogen-bond donors (Lipinski definition) is 2. The van der Waals surface area contributed by atoms with E-state index in [0.29, 0.717) is 25.4 Å². The fourth-order valence-corrected chi connectivity index (χ4v) is 1.72. The van der Waals surface area contributed by atoms with Crippen LogP contribution in [0.25, 0.3) is 0 Å². The van der Waals surface area contributed by atoms with E-state index in [9.17, 15) is 4.79 Å². The summed E-state index contributed by atoms with van der Waals surface area (Å²) in [5.74, 6) is 0.472. The third-order valence-electron chi connectivity index (χ3n) is 3.08. The maximum atomic E-state index is 11.7. The molecule has 18 heavy (non-hydrogen) atoms. The molecule has 0 aromatic carbocycles. The van der Waals surface area contributed by atoms with Crippen molar-refractivity contribution in [2.45, 2.75) is 39.7 Å². The summed E-state index contributed by atoms with van der Waals surface area (Å²) < 4.78 is 0. The lowest BCUT2D eigenvalue weighted by molar-refractivity contribution is -0.121. The Morgan fingerprint density at radius 1 is 1.56 bits per heavy atom. The summed E-state index contributed by atoms with van der Waals surface area (Å²) in [4.78, 5) is 16.0. The van der Waals surface area contributed by atoms with Gasteiger partial charge in [0.1, 0.15) is 0 Å². The molecule has 0 aliphatic rings. The lowest BCUT2D eigenvalue weighted by Gasteiger charge is -2.10. The predicted octanol–water partition coefficient (Wildman–Crippen LogP) is 1.64. The zero-order valence-electron chi connectivity index (χ0n) is 11.3. The largest absolute Gasteiger partial charge is 0.350 e. The number of nitrogens with two attached hydrogens (primary N) is 1. The first-order valence-corrected chi connectivity index (χ1v) is 6.56. The van der Waals surface area contributed by atoms with Gasteiger partial charge in [-0.3, -0.25) is 9.78 Å². The van der Waals surface area contributed by atoms with Crippen LogP contribution in [0, 0.1) is 5.92 Å². The van der Waals surface area contributed by atoms with E-state index in [-0.39, 0.29) is 5.91 Å². The maximum absolute atomic E-state index is 11.7. The van der Waals surface area contributed by atoms with Crippen LogP contribution in [0.5, 0.6) is 0 Å². The molecule has 4 nitrogen and oxygen atoms in total. The van der Waals surface area contributed by atoms with Crippen molar-refractivity contribution < 1.29 is 4.79 Å². The van der Waals surface area contributed by atoms with Gasteiger partial charge in [0.05, 0.1) is 12.2 Å². The second-order valence-corrected chi connectivity index (χ2v) is 4.62. The second kappa shape index (κ2) is 7.82. The van der Waals surface area contributed by atoms with Crippen LogP contribution >= 0.6 is 0 Å². The zero-order chi connectivity index (χ0) is 13.4. The van der Waals surface area contributed by atoms with Gasteiger partial charge in [0.2, 0.25) is 5.91 Å². The molecule has 0 aliphatic carbocycles. The van der Waals surface area contributed by atoms with Crippen LogP contribution in [-0.4, -0.2) is 17.4 Å². The number of carbonyl (C=O) groups is 1. The molecule has 1 rings (SSSR count). The molecule has 0 radical (unpaired) electrons. The number of nitrogens with one attached hydrogen (secondary N) is 1. The van der Waals surface area contributed by atoms with Gasteiger partial charge in [-0.15, -0.1) is 0 Å². The molecule has 0 saturated carbocycles. The van der Waals surface area contributed by atoms with E-state index >= 15 is 0 Å². The molecular formula is C14H23N3O. The second-order valence-electron chi connectivity index (χ2n) is 4.62. The van der Waals surface area contributed by atoms with Gasteiger partial charge in [-0.05, 0) is 36.9 Å². The third kappa shape index (κ3) is 4.84. The summed E-state index contributed by atoms with van der Waals surface area (Å²) in [6.45, 7) is 5.29. The van der Waals surface area contributed by atoms with Gasteiger partial charge in [-0.25, -0.2) is 0 Å². The topological polar surface area (TPSA) is 68.0 Å². The van der Waals surface area contributed by atoms with E-state index in [1.807, 2.05) is 12.1 Å². The Morgan fingerprint density at radius 2 is 2.33 bits per heavy atom. The Bertz CT molecular complexity index is 379. The van der Waals surface area contributed by atoms with Gasteiger partial charge in [0, 0.05) is 12.6 Å². The average Bonchev–Trinajstić information content (AvgIpc) is 2.42. The SMILES string of the molecule is CCc1cccnc1CNC(=O)CCC(C)CN. The van der Waals surface area contributed by atoms with Crippen molar-refractivity contribution in [3.63, 3.8) is 0 Å². The van der Waals surface area contributed by atoms with Crippen molar-refractivity contribution in [2.24, 2.45) is 11.7 Å². The molecule has 1 heterocycles. The van der Waals surface area contributed by atoms with Crippen LogP contribution < -0.4 is 11.1 Å². The van der Waals surface area contributed by atoms with Gasteiger partial charge in [0.15, 0.2) is 0 Å². The highest BCUT2D eigenvalue weighted by Crippen LogP contribution is 2.06. The molecule has 1 aromatic rings. The number of aryl methyl sites for hydroxylation is 1. The van der Waals surface area contributed by atoms with Crippen LogP contribution in [-0.2, 0) is 17.8 Å². The monoisotopic (exact) mass is 249 g/mol. The number of rotatable bonds is 7. The number of carbonyl (C=O) groups excluding carboxylic acids is 1. The summed E-state index contributed by atoms with van der Waals surface area (Å²) in [5.41, 5.74) is 7.67. The first-order valence-electron chi connectivity index (χ1n) is 6.56. The van der Waals surface area contributed by atoms with E-state index in [1.54, 1.807) is 6.20 Å². The molecular weight excluding hydrogens is 226 g/mol. The van der Waals surface area contributed by atoms with Gasteiger partial charge in [-0.2, -0.15) is 0 Å². The Labute approximate surface area is 109 Å². The van der Waals surface area contributed by atoms with Gasteiger partial charge in [-0.1, -0.05) is 19.9 Å². The molecule has 3 N–H and O–H groups in total. The smallest absolute Gasteiger partial charge is 0.220 e. The van der Waals surface area contributed by atoms with Crippen molar-refractivity contribution in [1.82, 2.24) is 10.3 Å².